The third kappa shape index (κ3) is 4.61. The van der Waals surface area contributed by atoms with Crippen LogP contribution in [0.25, 0.3) is 0 Å². The maximum absolute atomic E-state index is 12.4. The molecular weight excluding hydrogens is 330 g/mol. The number of amides is 2. The van der Waals surface area contributed by atoms with Gasteiger partial charge >= 0.3 is 0 Å². The molecule has 6 nitrogen and oxygen atoms in total. The van der Waals surface area contributed by atoms with Gasteiger partial charge in [-0.2, -0.15) is 0 Å². The Balaban J connectivity index is 1.90. The Morgan fingerprint density at radius 3 is 2.25 bits per heavy atom. The lowest BCUT2D eigenvalue weighted by Gasteiger charge is -2.36. The predicted octanol–water partition coefficient (Wildman–Crippen LogP) is 2.16. The summed E-state index contributed by atoms with van der Waals surface area (Å²) in [5.74, 6) is -1.08. The highest BCUT2D eigenvalue weighted by Gasteiger charge is 2.29. The third-order valence-electron chi connectivity index (χ3n) is 4.47. The summed E-state index contributed by atoms with van der Waals surface area (Å²) >= 11 is 5.90. The van der Waals surface area contributed by atoms with Gasteiger partial charge in [0.1, 0.15) is 0 Å². The summed E-state index contributed by atoms with van der Waals surface area (Å²) in [5.41, 5.74) is 2.75. The van der Waals surface area contributed by atoms with E-state index in [-0.39, 0.29) is 18.2 Å². The fourth-order valence-electron chi connectivity index (χ4n) is 2.90. The molecule has 0 spiro atoms. The van der Waals surface area contributed by atoms with Crippen LogP contribution in [0.2, 0.25) is 5.02 Å². The van der Waals surface area contributed by atoms with Crippen LogP contribution in [-0.2, 0) is 9.59 Å². The average molecular weight is 354 g/mol. The molecule has 1 aromatic rings. The van der Waals surface area contributed by atoms with Crippen molar-refractivity contribution in [1.82, 2.24) is 10.4 Å². The minimum Gasteiger partial charge on any atom is -0.368 e. The third-order valence-corrected chi connectivity index (χ3v) is 4.72. The Morgan fingerprint density at radius 2 is 1.75 bits per heavy atom. The number of hydrogen-bond acceptors (Lipinski definition) is 4. The number of nitrogens with zero attached hydrogens (tertiary/aromatic N) is 2. The van der Waals surface area contributed by atoms with Gasteiger partial charge < -0.3 is 9.80 Å². The lowest BCUT2D eigenvalue weighted by Crippen LogP contribution is -2.49. The topological polar surface area (TPSA) is 72.9 Å². The second-order valence-electron chi connectivity index (χ2n) is 6.37. The lowest BCUT2D eigenvalue weighted by molar-refractivity contribution is -0.141. The van der Waals surface area contributed by atoms with Gasteiger partial charge in [0.15, 0.2) is 0 Å². The molecule has 1 fully saturated rings. The summed E-state index contributed by atoms with van der Waals surface area (Å²) in [7, 11) is 0. The maximum Gasteiger partial charge on any atom is 0.247 e. The van der Waals surface area contributed by atoms with Gasteiger partial charge in [-0.05, 0) is 30.2 Å². The fourth-order valence-corrected chi connectivity index (χ4v) is 3.02. The number of anilines is 1. The van der Waals surface area contributed by atoms with Crippen molar-refractivity contribution in [3.63, 3.8) is 0 Å². The molecule has 0 bridgehead atoms. The number of rotatable bonds is 5. The predicted molar refractivity (Wildman–Crippen MR) is 93.1 cm³/mol. The van der Waals surface area contributed by atoms with E-state index in [1.165, 1.54) is 0 Å². The molecule has 0 aromatic heterocycles. The number of nitrogens with one attached hydrogen (secondary N) is 1. The number of carbonyl (C=O) groups is 2. The molecule has 0 aliphatic carbocycles. The van der Waals surface area contributed by atoms with Crippen molar-refractivity contribution >= 4 is 29.1 Å². The van der Waals surface area contributed by atoms with Crippen LogP contribution >= 0.6 is 11.6 Å². The van der Waals surface area contributed by atoms with Crippen molar-refractivity contribution in [3.8, 4) is 0 Å². The zero-order valence-corrected chi connectivity index (χ0v) is 14.8. The highest BCUT2D eigenvalue weighted by atomic mass is 35.5. The molecule has 1 aliphatic heterocycles. The Bertz CT molecular complexity index is 569. The molecule has 1 heterocycles. The Labute approximate surface area is 147 Å². The fraction of sp³-hybridized carbons (Fsp3) is 0.529. The molecule has 1 saturated heterocycles. The summed E-state index contributed by atoms with van der Waals surface area (Å²) in [5, 5.41) is 9.52. The smallest absolute Gasteiger partial charge is 0.247 e. The van der Waals surface area contributed by atoms with Crippen LogP contribution < -0.4 is 10.4 Å². The minimum absolute atomic E-state index is 0.0172. The second kappa shape index (κ2) is 8.35. The number of piperazine rings is 1. The largest absolute Gasteiger partial charge is 0.368 e. The first-order valence-corrected chi connectivity index (χ1v) is 8.52. The first kappa shape index (κ1) is 18.5. The zero-order valence-electron chi connectivity index (χ0n) is 14.0. The molecule has 1 aliphatic rings. The highest BCUT2D eigenvalue weighted by molar-refractivity contribution is 6.30. The van der Waals surface area contributed by atoms with Crippen LogP contribution in [-0.4, -0.2) is 48.1 Å². The summed E-state index contributed by atoms with van der Waals surface area (Å²) in [6, 6.07) is 7.66. The number of hydrogen-bond donors (Lipinski definition) is 2. The van der Waals surface area contributed by atoms with Crippen molar-refractivity contribution < 1.29 is 14.8 Å². The number of carbonyl (C=O) groups excluding carboxylic acids is 2. The van der Waals surface area contributed by atoms with Crippen molar-refractivity contribution in [3.05, 3.63) is 29.3 Å². The highest BCUT2D eigenvalue weighted by Crippen LogP contribution is 2.21. The normalized spacial score (nSPS) is 16.2. The van der Waals surface area contributed by atoms with Crippen molar-refractivity contribution in [2.45, 2.75) is 20.3 Å². The molecule has 0 radical (unpaired) electrons. The maximum atomic E-state index is 12.4. The van der Waals surface area contributed by atoms with E-state index in [1.54, 1.807) is 10.4 Å². The van der Waals surface area contributed by atoms with E-state index >= 15 is 0 Å². The lowest BCUT2D eigenvalue weighted by atomic mass is 9.91. The first-order chi connectivity index (χ1) is 11.4. The number of hydroxylamine groups is 1. The number of halogens is 1. The molecule has 1 aromatic carbocycles. The molecule has 132 valence electrons. The van der Waals surface area contributed by atoms with E-state index in [0.717, 1.165) is 18.8 Å². The minimum atomic E-state index is -0.517. The van der Waals surface area contributed by atoms with Crippen molar-refractivity contribution in [2.75, 3.05) is 31.1 Å². The molecule has 0 saturated carbocycles. The van der Waals surface area contributed by atoms with Gasteiger partial charge in [0.05, 0.1) is 5.92 Å². The molecule has 1 unspecified atom stereocenters. The van der Waals surface area contributed by atoms with E-state index < -0.39 is 11.8 Å². The molecule has 2 N–H and O–H groups in total. The van der Waals surface area contributed by atoms with E-state index in [2.05, 4.69) is 4.90 Å². The summed E-state index contributed by atoms with van der Waals surface area (Å²) in [6.45, 7) is 6.45. The first-order valence-electron chi connectivity index (χ1n) is 8.14. The molecule has 2 amide bonds. The molecule has 24 heavy (non-hydrogen) atoms. The van der Waals surface area contributed by atoms with Gasteiger partial charge in [-0.25, -0.2) is 5.48 Å². The van der Waals surface area contributed by atoms with Gasteiger partial charge in [0.2, 0.25) is 11.8 Å². The molecule has 2 rings (SSSR count). The summed E-state index contributed by atoms with van der Waals surface area (Å²) < 4.78 is 0. The molecular formula is C17H24ClN3O3. The molecule has 1 atom stereocenters. The summed E-state index contributed by atoms with van der Waals surface area (Å²) in [4.78, 5) is 28.1. The second-order valence-corrected chi connectivity index (χ2v) is 6.81. The van der Waals surface area contributed by atoms with Crippen LogP contribution in [0.5, 0.6) is 0 Å². The average Bonchev–Trinajstić information content (AvgIpc) is 2.59. The SMILES string of the molecule is CC(C)C(CC(=O)N1CCN(c2ccc(Cl)cc2)CC1)C(=O)NO. The van der Waals surface area contributed by atoms with E-state index in [9.17, 15) is 9.59 Å². The standard InChI is InChI=1S/C17H24ClN3O3/c1-12(2)15(17(23)19-24)11-16(22)21-9-7-20(8-10-21)14-5-3-13(18)4-6-14/h3-6,12,15,24H,7-11H2,1-2H3,(H,19,23). The zero-order chi connectivity index (χ0) is 17.7. The van der Waals surface area contributed by atoms with Crippen molar-refractivity contribution in [1.29, 1.82) is 0 Å². The molecule has 7 heteroatoms. The van der Waals surface area contributed by atoms with E-state index in [0.29, 0.717) is 18.1 Å². The monoisotopic (exact) mass is 353 g/mol. The van der Waals surface area contributed by atoms with E-state index in [1.807, 2.05) is 38.1 Å². The van der Waals surface area contributed by atoms with Crippen LogP contribution in [0.15, 0.2) is 24.3 Å². The van der Waals surface area contributed by atoms with Crippen LogP contribution in [0.3, 0.4) is 0 Å². The Kier molecular flexibility index (Phi) is 6.45. The Morgan fingerprint density at radius 1 is 1.17 bits per heavy atom. The van der Waals surface area contributed by atoms with Crippen molar-refractivity contribution in [2.24, 2.45) is 11.8 Å². The Hall–Kier alpha value is -1.79. The van der Waals surface area contributed by atoms with Crippen LogP contribution in [0.4, 0.5) is 5.69 Å². The number of benzene rings is 1. The van der Waals surface area contributed by atoms with Gasteiger partial charge in [0.25, 0.3) is 0 Å². The van der Waals surface area contributed by atoms with Crippen LogP contribution in [0.1, 0.15) is 20.3 Å². The van der Waals surface area contributed by atoms with E-state index in [4.69, 9.17) is 16.8 Å². The van der Waals surface area contributed by atoms with Gasteiger partial charge in [-0.15, -0.1) is 0 Å². The van der Waals surface area contributed by atoms with Gasteiger partial charge in [-0.1, -0.05) is 25.4 Å². The summed E-state index contributed by atoms with van der Waals surface area (Å²) in [6.07, 6.45) is 0.116. The van der Waals surface area contributed by atoms with Gasteiger partial charge in [-0.3, -0.25) is 14.8 Å². The quantitative estimate of drug-likeness (QED) is 0.628. The van der Waals surface area contributed by atoms with Crippen LogP contribution in [0, 0.1) is 11.8 Å². The van der Waals surface area contributed by atoms with Gasteiger partial charge in [0, 0.05) is 43.3 Å².